The van der Waals surface area contributed by atoms with E-state index in [0.29, 0.717) is 18.0 Å². The monoisotopic (exact) mass is 318 g/mol. The van der Waals surface area contributed by atoms with Gasteiger partial charge in [0.1, 0.15) is 0 Å². The van der Waals surface area contributed by atoms with E-state index >= 15 is 0 Å². The topological polar surface area (TPSA) is 46.3 Å². The van der Waals surface area contributed by atoms with E-state index in [9.17, 15) is 4.79 Å². The van der Waals surface area contributed by atoms with E-state index in [1.54, 1.807) is 6.07 Å². The van der Waals surface area contributed by atoms with Crippen molar-refractivity contribution in [2.24, 2.45) is 0 Å². The second kappa shape index (κ2) is 5.96. The van der Waals surface area contributed by atoms with Crippen LogP contribution in [0.4, 0.5) is 5.69 Å². The molecular formula is C20H18N2O2. The molecule has 0 bridgehead atoms. The van der Waals surface area contributed by atoms with E-state index in [4.69, 9.17) is 4.52 Å². The molecule has 2 aromatic carbocycles. The maximum atomic E-state index is 13.0. The van der Waals surface area contributed by atoms with E-state index in [2.05, 4.69) is 11.2 Å². The predicted molar refractivity (Wildman–Crippen MR) is 93.1 cm³/mol. The standard InChI is InChI=1S/C20H18N2O2/c1-14-7-5-10-16-11-6-12-22(19(14)16)20(23)17-13-18(24-21-17)15-8-3-2-4-9-15/h2-5,7-10,13H,6,11-12H2,1H3. The van der Waals surface area contributed by atoms with Gasteiger partial charge in [-0.05, 0) is 30.9 Å². The number of hydrogen-bond acceptors (Lipinski definition) is 3. The summed E-state index contributed by atoms with van der Waals surface area (Å²) >= 11 is 0. The van der Waals surface area contributed by atoms with Crippen molar-refractivity contribution in [3.8, 4) is 11.3 Å². The minimum atomic E-state index is -0.101. The van der Waals surface area contributed by atoms with Crippen molar-refractivity contribution in [2.75, 3.05) is 11.4 Å². The van der Waals surface area contributed by atoms with Gasteiger partial charge in [-0.25, -0.2) is 0 Å². The average Bonchev–Trinajstić information content (AvgIpc) is 3.12. The van der Waals surface area contributed by atoms with Crippen LogP contribution in [-0.2, 0) is 6.42 Å². The van der Waals surface area contributed by atoms with Crippen LogP contribution in [0.5, 0.6) is 0 Å². The van der Waals surface area contributed by atoms with E-state index in [-0.39, 0.29) is 5.91 Å². The van der Waals surface area contributed by atoms with Gasteiger partial charge < -0.3 is 9.42 Å². The Bertz CT molecular complexity index is 884. The number of fused-ring (bicyclic) bond motifs is 1. The molecule has 3 aromatic rings. The van der Waals surface area contributed by atoms with Gasteiger partial charge in [-0.15, -0.1) is 0 Å². The lowest BCUT2D eigenvalue weighted by Crippen LogP contribution is -2.36. The van der Waals surface area contributed by atoms with Gasteiger partial charge in [0.2, 0.25) is 0 Å². The van der Waals surface area contributed by atoms with Crippen LogP contribution in [0.15, 0.2) is 59.1 Å². The summed E-state index contributed by atoms with van der Waals surface area (Å²) in [5.41, 5.74) is 4.64. The number of aryl methyl sites for hydroxylation is 2. The SMILES string of the molecule is Cc1cccc2c1N(C(=O)c1cc(-c3ccccc3)on1)CCC2. The zero-order chi connectivity index (χ0) is 16.5. The molecular weight excluding hydrogens is 300 g/mol. The van der Waals surface area contributed by atoms with Gasteiger partial charge in [0.15, 0.2) is 11.5 Å². The zero-order valence-electron chi connectivity index (χ0n) is 13.5. The average molecular weight is 318 g/mol. The van der Waals surface area contributed by atoms with Crippen molar-refractivity contribution in [2.45, 2.75) is 19.8 Å². The third kappa shape index (κ3) is 2.50. The highest BCUT2D eigenvalue weighted by molar-refractivity contribution is 6.06. The lowest BCUT2D eigenvalue weighted by Gasteiger charge is -2.30. The molecule has 0 spiro atoms. The van der Waals surface area contributed by atoms with Crippen LogP contribution >= 0.6 is 0 Å². The molecule has 2 heterocycles. The van der Waals surface area contributed by atoms with E-state index in [1.807, 2.05) is 54.3 Å². The fourth-order valence-corrected chi connectivity index (χ4v) is 3.30. The Kier molecular flexibility index (Phi) is 3.65. The lowest BCUT2D eigenvalue weighted by molar-refractivity contribution is 0.0976. The number of benzene rings is 2. The summed E-state index contributed by atoms with van der Waals surface area (Å²) in [6, 6.07) is 17.6. The van der Waals surface area contributed by atoms with E-state index < -0.39 is 0 Å². The first-order chi connectivity index (χ1) is 11.7. The first kappa shape index (κ1) is 14.7. The van der Waals surface area contributed by atoms with Gasteiger partial charge in [-0.1, -0.05) is 53.7 Å². The minimum Gasteiger partial charge on any atom is -0.355 e. The van der Waals surface area contributed by atoms with Gasteiger partial charge >= 0.3 is 0 Å². The quantitative estimate of drug-likeness (QED) is 0.710. The van der Waals surface area contributed by atoms with Crippen molar-refractivity contribution in [1.29, 1.82) is 0 Å². The van der Waals surface area contributed by atoms with Crippen molar-refractivity contribution in [1.82, 2.24) is 5.16 Å². The predicted octanol–water partition coefficient (Wildman–Crippen LogP) is 4.24. The first-order valence-corrected chi connectivity index (χ1v) is 8.16. The number of hydrogen-bond donors (Lipinski definition) is 0. The van der Waals surface area contributed by atoms with Gasteiger partial charge in [0.05, 0.1) is 5.69 Å². The fourth-order valence-electron chi connectivity index (χ4n) is 3.30. The van der Waals surface area contributed by atoms with Crippen molar-refractivity contribution in [3.05, 3.63) is 71.4 Å². The van der Waals surface area contributed by atoms with Crippen LogP contribution in [0.3, 0.4) is 0 Å². The maximum Gasteiger partial charge on any atom is 0.280 e. The van der Waals surface area contributed by atoms with Gasteiger partial charge in [0.25, 0.3) is 5.91 Å². The Labute approximate surface area is 140 Å². The third-order valence-electron chi connectivity index (χ3n) is 4.45. The molecule has 0 saturated heterocycles. The molecule has 24 heavy (non-hydrogen) atoms. The number of amides is 1. The van der Waals surface area contributed by atoms with Crippen LogP contribution in [0.25, 0.3) is 11.3 Å². The maximum absolute atomic E-state index is 13.0. The van der Waals surface area contributed by atoms with Crippen LogP contribution in [0.2, 0.25) is 0 Å². The number of carbonyl (C=O) groups excluding carboxylic acids is 1. The van der Waals surface area contributed by atoms with E-state index in [0.717, 1.165) is 29.7 Å². The molecule has 0 radical (unpaired) electrons. The number of aromatic nitrogens is 1. The third-order valence-corrected chi connectivity index (χ3v) is 4.45. The first-order valence-electron chi connectivity index (χ1n) is 8.16. The summed E-state index contributed by atoms with van der Waals surface area (Å²) in [5, 5.41) is 4.00. The van der Waals surface area contributed by atoms with Crippen molar-refractivity contribution < 1.29 is 9.32 Å². The highest BCUT2D eigenvalue weighted by Gasteiger charge is 2.27. The number of nitrogens with zero attached hydrogens (tertiary/aromatic N) is 2. The van der Waals surface area contributed by atoms with E-state index in [1.165, 1.54) is 5.56 Å². The molecule has 0 aliphatic carbocycles. The van der Waals surface area contributed by atoms with Crippen molar-refractivity contribution in [3.63, 3.8) is 0 Å². The highest BCUT2D eigenvalue weighted by atomic mass is 16.5. The molecule has 1 aliphatic heterocycles. The number of anilines is 1. The van der Waals surface area contributed by atoms with Crippen LogP contribution in [0, 0.1) is 6.92 Å². The second-order valence-corrected chi connectivity index (χ2v) is 6.09. The summed E-state index contributed by atoms with van der Waals surface area (Å²) < 4.78 is 5.38. The summed E-state index contributed by atoms with van der Waals surface area (Å²) in [6.07, 6.45) is 1.97. The molecule has 4 heteroatoms. The largest absolute Gasteiger partial charge is 0.355 e. The molecule has 1 aromatic heterocycles. The smallest absolute Gasteiger partial charge is 0.280 e. The van der Waals surface area contributed by atoms with Crippen LogP contribution in [-0.4, -0.2) is 17.6 Å². The lowest BCUT2D eigenvalue weighted by atomic mass is 9.98. The normalized spacial score (nSPS) is 13.6. The minimum absolute atomic E-state index is 0.101. The summed E-state index contributed by atoms with van der Waals surface area (Å²) in [5.74, 6) is 0.511. The molecule has 1 aliphatic rings. The summed E-state index contributed by atoms with van der Waals surface area (Å²) in [4.78, 5) is 14.8. The van der Waals surface area contributed by atoms with Gasteiger partial charge in [-0.2, -0.15) is 0 Å². The summed E-state index contributed by atoms with van der Waals surface area (Å²) in [7, 11) is 0. The van der Waals surface area contributed by atoms with Gasteiger partial charge in [-0.3, -0.25) is 4.79 Å². The Balaban J connectivity index is 1.68. The Morgan fingerprint density at radius 3 is 2.79 bits per heavy atom. The molecule has 0 fully saturated rings. The zero-order valence-corrected chi connectivity index (χ0v) is 13.5. The molecule has 0 atom stereocenters. The van der Waals surface area contributed by atoms with Crippen molar-refractivity contribution >= 4 is 11.6 Å². The molecule has 0 unspecified atom stereocenters. The van der Waals surface area contributed by atoms with Gasteiger partial charge in [0, 0.05) is 18.2 Å². The fraction of sp³-hybridized carbons (Fsp3) is 0.200. The molecule has 0 N–H and O–H groups in total. The molecule has 0 saturated carbocycles. The highest BCUT2D eigenvalue weighted by Crippen LogP contribution is 2.32. The Morgan fingerprint density at radius 2 is 1.96 bits per heavy atom. The molecule has 4 nitrogen and oxygen atoms in total. The number of rotatable bonds is 2. The number of carbonyl (C=O) groups is 1. The molecule has 4 rings (SSSR count). The molecule has 120 valence electrons. The molecule has 1 amide bonds. The van der Waals surface area contributed by atoms with Crippen LogP contribution in [0.1, 0.15) is 28.0 Å². The summed E-state index contributed by atoms with van der Waals surface area (Å²) in [6.45, 7) is 2.76. The Morgan fingerprint density at radius 1 is 1.12 bits per heavy atom. The number of para-hydroxylation sites is 1. The Hall–Kier alpha value is -2.88. The van der Waals surface area contributed by atoms with Crippen LogP contribution < -0.4 is 4.90 Å². The second-order valence-electron chi connectivity index (χ2n) is 6.09.